The van der Waals surface area contributed by atoms with Gasteiger partial charge >= 0.3 is 6.18 Å². The topological polar surface area (TPSA) is 51.2 Å². The molecule has 2 heterocycles. The fraction of sp³-hybridized carbons (Fsp3) is 0.889. The van der Waals surface area contributed by atoms with Gasteiger partial charge in [0.25, 0.3) is 0 Å². The van der Waals surface area contributed by atoms with Crippen LogP contribution >= 0.6 is 0 Å². The van der Waals surface area contributed by atoms with Gasteiger partial charge in [-0.05, 0) is 32.1 Å². The summed E-state index contributed by atoms with van der Waals surface area (Å²) in [6, 6.07) is 0. The van der Waals surface area contributed by atoms with Gasteiger partial charge in [0.05, 0.1) is 6.54 Å². The Labute approximate surface area is 159 Å². The molecule has 0 aliphatic carbocycles. The van der Waals surface area contributed by atoms with Crippen molar-refractivity contribution in [1.82, 2.24) is 20.0 Å². The van der Waals surface area contributed by atoms with E-state index in [1.807, 2.05) is 4.90 Å². The molecule has 0 unspecified atom stereocenters. The van der Waals surface area contributed by atoms with Crippen LogP contribution in [0.15, 0.2) is 4.99 Å². The lowest BCUT2D eigenvalue weighted by Crippen LogP contribution is -2.54. The van der Waals surface area contributed by atoms with Crippen LogP contribution in [0.5, 0.6) is 0 Å². The lowest BCUT2D eigenvalue weighted by Gasteiger charge is -2.37. The SMILES string of the molecule is CN=C(NCCCCC(F)(F)F)N1CCN(CC(=O)N2CCCCC2)CC1. The van der Waals surface area contributed by atoms with Crippen molar-refractivity contribution in [3.05, 3.63) is 0 Å². The maximum Gasteiger partial charge on any atom is 0.389 e. The zero-order valence-corrected chi connectivity index (χ0v) is 16.2. The summed E-state index contributed by atoms with van der Waals surface area (Å²) in [7, 11) is 1.68. The van der Waals surface area contributed by atoms with Crippen LogP contribution in [0.1, 0.15) is 38.5 Å². The molecule has 2 aliphatic heterocycles. The minimum Gasteiger partial charge on any atom is -0.356 e. The van der Waals surface area contributed by atoms with Gasteiger partial charge in [-0.1, -0.05) is 0 Å². The first kappa shape index (κ1) is 21.8. The first-order valence-electron chi connectivity index (χ1n) is 9.91. The number of hydrogen-bond donors (Lipinski definition) is 1. The third-order valence-electron chi connectivity index (χ3n) is 5.12. The summed E-state index contributed by atoms with van der Waals surface area (Å²) in [6.45, 7) is 5.80. The summed E-state index contributed by atoms with van der Waals surface area (Å²) in [5.41, 5.74) is 0. The molecule has 27 heavy (non-hydrogen) atoms. The van der Waals surface area contributed by atoms with Gasteiger partial charge in [-0.3, -0.25) is 14.7 Å². The highest BCUT2D eigenvalue weighted by Crippen LogP contribution is 2.21. The second-order valence-electron chi connectivity index (χ2n) is 7.25. The molecular weight excluding hydrogens is 359 g/mol. The van der Waals surface area contributed by atoms with E-state index in [0.29, 0.717) is 19.5 Å². The van der Waals surface area contributed by atoms with E-state index < -0.39 is 12.6 Å². The first-order valence-corrected chi connectivity index (χ1v) is 9.91. The summed E-state index contributed by atoms with van der Waals surface area (Å²) >= 11 is 0. The Morgan fingerprint density at radius 3 is 2.22 bits per heavy atom. The maximum absolute atomic E-state index is 12.4. The summed E-state index contributed by atoms with van der Waals surface area (Å²) in [5.74, 6) is 0.944. The van der Waals surface area contributed by atoms with Gasteiger partial charge in [0.15, 0.2) is 5.96 Å². The van der Waals surface area contributed by atoms with Crippen LogP contribution < -0.4 is 5.32 Å². The number of aliphatic imine (C=N–C) groups is 1. The molecule has 1 amide bonds. The Bertz CT molecular complexity index is 484. The molecule has 9 heteroatoms. The van der Waals surface area contributed by atoms with Gasteiger partial charge in [0, 0.05) is 59.3 Å². The maximum atomic E-state index is 12.4. The van der Waals surface area contributed by atoms with Gasteiger partial charge in [-0.25, -0.2) is 0 Å². The quantitative estimate of drug-likeness (QED) is 0.427. The number of piperazine rings is 1. The zero-order chi connectivity index (χ0) is 19.7. The molecule has 2 aliphatic rings. The van der Waals surface area contributed by atoms with Crippen molar-refractivity contribution in [3.63, 3.8) is 0 Å². The number of unbranched alkanes of at least 4 members (excludes halogenated alkanes) is 1. The van der Waals surface area contributed by atoms with Crippen LogP contribution in [0.2, 0.25) is 0 Å². The normalized spacial score (nSPS) is 20.1. The second kappa shape index (κ2) is 10.7. The van der Waals surface area contributed by atoms with Crippen LogP contribution in [0, 0.1) is 0 Å². The number of carbonyl (C=O) groups is 1. The highest BCUT2D eigenvalue weighted by Gasteiger charge is 2.26. The molecule has 0 aromatic carbocycles. The summed E-state index contributed by atoms with van der Waals surface area (Å²) in [5, 5.41) is 3.15. The van der Waals surface area contributed by atoms with Gasteiger partial charge in [-0.15, -0.1) is 0 Å². The molecular formula is C18H32F3N5O. The molecule has 156 valence electrons. The average molecular weight is 391 g/mol. The van der Waals surface area contributed by atoms with E-state index >= 15 is 0 Å². The standard InChI is InChI=1S/C18H32F3N5O/c1-22-17(23-8-4-3-7-18(19,20)21)26-13-11-24(12-14-26)15-16(27)25-9-5-2-6-10-25/h2-15H2,1H3,(H,22,23). The number of guanidine groups is 1. The van der Waals surface area contributed by atoms with Crippen molar-refractivity contribution in [3.8, 4) is 0 Å². The number of amides is 1. The van der Waals surface area contributed by atoms with Crippen LogP contribution in [-0.4, -0.2) is 92.1 Å². The molecule has 0 saturated carbocycles. The molecule has 0 atom stereocenters. The molecule has 2 fully saturated rings. The number of alkyl halides is 3. The lowest BCUT2D eigenvalue weighted by molar-refractivity contribution is -0.135. The molecule has 0 aromatic rings. The molecule has 2 saturated heterocycles. The fourth-order valence-electron chi connectivity index (χ4n) is 3.54. The molecule has 0 spiro atoms. The Balaban J connectivity index is 1.65. The largest absolute Gasteiger partial charge is 0.389 e. The second-order valence-corrected chi connectivity index (χ2v) is 7.25. The smallest absolute Gasteiger partial charge is 0.356 e. The third kappa shape index (κ3) is 7.94. The Morgan fingerprint density at radius 1 is 0.963 bits per heavy atom. The highest BCUT2D eigenvalue weighted by molar-refractivity contribution is 5.80. The van der Waals surface area contributed by atoms with Crippen molar-refractivity contribution in [2.24, 2.45) is 4.99 Å². The molecule has 6 nitrogen and oxygen atoms in total. The predicted octanol–water partition coefficient (Wildman–Crippen LogP) is 1.92. The van der Waals surface area contributed by atoms with Crippen molar-refractivity contribution in [1.29, 1.82) is 0 Å². The summed E-state index contributed by atoms with van der Waals surface area (Å²) in [6.07, 6.45) is -0.816. The number of rotatable bonds is 6. The Kier molecular flexibility index (Phi) is 8.66. The van der Waals surface area contributed by atoms with Crippen LogP contribution in [0.25, 0.3) is 0 Å². The van der Waals surface area contributed by atoms with E-state index in [2.05, 4.69) is 20.1 Å². The van der Waals surface area contributed by atoms with Crippen molar-refractivity contribution in [2.75, 3.05) is 59.4 Å². The van der Waals surface area contributed by atoms with E-state index in [1.165, 1.54) is 6.42 Å². The molecule has 0 aromatic heterocycles. The van der Waals surface area contributed by atoms with Crippen LogP contribution in [0.4, 0.5) is 13.2 Å². The summed E-state index contributed by atoms with van der Waals surface area (Å²) < 4.78 is 36.5. The zero-order valence-electron chi connectivity index (χ0n) is 16.2. The third-order valence-corrected chi connectivity index (χ3v) is 5.12. The predicted molar refractivity (Wildman–Crippen MR) is 99.7 cm³/mol. The van der Waals surface area contributed by atoms with Crippen LogP contribution in [-0.2, 0) is 4.79 Å². The van der Waals surface area contributed by atoms with Crippen molar-refractivity contribution < 1.29 is 18.0 Å². The number of carbonyl (C=O) groups excluding carboxylic acids is 1. The Morgan fingerprint density at radius 2 is 1.63 bits per heavy atom. The highest BCUT2D eigenvalue weighted by atomic mass is 19.4. The van der Waals surface area contributed by atoms with Gasteiger partial charge in [-0.2, -0.15) is 13.2 Å². The number of halogens is 3. The monoisotopic (exact) mass is 391 g/mol. The van der Waals surface area contributed by atoms with E-state index in [0.717, 1.165) is 58.1 Å². The molecule has 1 N–H and O–H groups in total. The fourth-order valence-corrected chi connectivity index (χ4v) is 3.54. The number of nitrogens with zero attached hydrogens (tertiary/aromatic N) is 4. The van der Waals surface area contributed by atoms with Gasteiger partial charge < -0.3 is 15.1 Å². The molecule has 0 radical (unpaired) electrons. The lowest BCUT2D eigenvalue weighted by atomic mass is 10.1. The van der Waals surface area contributed by atoms with E-state index in [-0.39, 0.29) is 12.3 Å². The van der Waals surface area contributed by atoms with E-state index in [9.17, 15) is 18.0 Å². The molecule has 0 bridgehead atoms. The van der Waals surface area contributed by atoms with Gasteiger partial charge in [0.2, 0.25) is 5.91 Å². The average Bonchev–Trinajstić information content (AvgIpc) is 2.65. The molecule has 2 rings (SSSR count). The van der Waals surface area contributed by atoms with E-state index in [4.69, 9.17) is 0 Å². The number of hydrogen-bond acceptors (Lipinski definition) is 3. The van der Waals surface area contributed by atoms with Crippen molar-refractivity contribution >= 4 is 11.9 Å². The first-order chi connectivity index (χ1) is 12.9. The number of nitrogens with one attached hydrogen (secondary N) is 1. The number of piperidine rings is 1. The van der Waals surface area contributed by atoms with E-state index in [1.54, 1.807) is 7.05 Å². The van der Waals surface area contributed by atoms with Crippen molar-refractivity contribution in [2.45, 2.75) is 44.7 Å². The summed E-state index contributed by atoms with van der Waals surface area (Å²) in [4.78, 5) is 22.8. The van der Waals surface area contributed by atoms with Crippen LogP contribution in [0.3, 0.4) is 0 Å². The van der Waals surface area contributed by atoms with Gasteiger partial charge in [0.1, 0.15) is 0 Å². The number of likely N-dealkylation sites (tertiary alicyclic amines) is 1. The Hall–Kier alpha value is -1.51. The minimum absolute atomic E-state index is 0.125. The minimum atomic E-state index is -4.08.